The van der Waals surface area contributed by atoms with Gasteiger partial charge in [0, 0.05) is 23.5 Å². The first kappa shape index (κ1) is 27.4. The normalized spacial score (nSPS) is 16.0. The Labute approximate surface area is 214 Å². The molecule has 0 radical (unpaired) electrons. The van der Waals surface area contributed by atoms with Gasteiger partial charge in [-0.25, -0.2) is 5.01 Å². The monoisotopic (exact) mass is 511 g/mol. The number of aromatic nitrogens is 1. The molecule has 2 heterocycles. The summed E-state index contributed by atoms with van der Waals surface area (Å²) in [7, 11) is 1.54. The first-order chi connectivity index (χ1) is 17.6. The van der Waals surface area contributed by atoms with Crippen LogP contribution in [0.2, 0.25) is 0 Å². The zero-order chi connectivity index (χ0) is 27.1. The summed E-state index contributed by atoms with van der Waals surface area (Å²) in [5, 5.41) is 7.19. The molecule has 0 spiro atoms. The number of ketones is 1. The number of nitrogens with zero attached hydrogens (tertiary/aromatic N) is 1. The second-order valence-corrected chi connectivity index (χ2v) is 9.41. The minimum atomic E-state index is -0.967. The van der Waals surface area contributed by atoms with Crippen LogP contribution in [0, 0.1) is 11.8 Å². The van der Waals surface area contributed by atoms with E-state index >= 15 is 0 Å². The van der Waals surface area contributed by atoms with E-state index in [-0.39, 0.29) is 29.8 Å². The van der Waals surface area contributed by atoms with Crippen LogP contribution in [0.3, 0.4) is 0 Å². The van der Waals surface area contributed by atoms with Gasteiger partial charge in [0.15, 0.2) is 5.78 Å². The number of rotatable bonds is 10. The van der Waals surface area contributed by atoms with E-state index in [2.05, 4.69) is 21.0 Å². The summed E-state index contributed by atoms with van der Waals surface area (Å²) in [4.78, 5) is 65.6. The Morgan fingerprint density at radius 1 is 1.22 bits per heavy atom. The van der Waals surface area contributed by atoms with E-state index < -0.39 is 29.7 Å². The van der Waals surface area contributed by atoms with Crippen molar-refractivity contribution in [3.63, 3.8) is 0 Å². The molecule has 1 aliphatic heterocycles. The topological polar surface area (TPSA) is 150 Å². The van der Waals surface area contributed by atoms with Crippen molar-refractivity contribution in [2.24, 2.45) is 11.8 Å². The quantitative estimate of drug-likeness (QED) is 0.280. The Morgan fingerprint density at radius 2 is 1.97 bits per heavy atom. The van der Waals surface area contributed by atoms with Crippen LogP contribution >= 0.6 is 0 Å². The summed E-state index contributed by atoms with van der Waals surface area (Å²) in [5.41, 5.74) is 3.51. The van der Waals surface area contributed by atoms with Crippen LogP contribution in [0.1, 0.15) is 44.1 Å². The van der Waals surface area contributed by atoms with E-state index in [1.54, 1.807) is 25.3 Å². The molecule has 3 rings (SSSR count). The molecule has 11 nitrogen and oxygen atoms in total. The average Bonchev–Trinajstić information content (AvgIpc) is 3.47. The number of hydrazine groups is 1. The summed E-state index contributed by atoms with van der Waals surface area (Å²) in [6.45, 7) is 5.51. The molecule has 0 unspecified atom stereocenters. The lowest BCUT2D eigenvalue weighted by Crippen LogP contribution is -2.55. The van der Waals surface area contributed by atoms with E-state index in [1.165, 1.54) is 6.92 Å². The van der Waals surface area contributed by atoms with Crippen molar-refractivity contribution in [1.29, 1.82) is 0 Å². The standard InChI is InChI=1S/C26H33N5O6/c1-15(2)12-20(29-25(35)21-13-18-19(28-21)6-5-7-22(18)37-4)26(36)30-31(23(33)9-8-16(3)32)14-17-10-11-27-24(17)34/h5-9,13,15,17,20,28H,10-12,14H2,1-4H3,(H,27,34)(H,29,35)(H,30,36)/b9-8+/t17-,20-/m0/s1. The van der Waals surface area contributed by atoms with Gasteiger partial charge in [0.2, 0.25) is 5.91 Å². The molecule has 2 aromatic rings. The van der Waals surface area contributed by atoms with Crippen molar-refractivity contribution >= 4 is 40.3 Å². The van der Waals surface area contributed by atoms with Crippen LogP contribution in [-0.4, -0.2) is 65.6 Å². The van der Waals surface area contributed by atoms with Crippen LogP contribution in [0.15, 0.2) is 36.4 Å². The number of carbonyl (C=O) groups excluding carboxylic acids is 5. The van der Waals surface area contributed by atoms with Crippen LogP contribution in [-0.2, 0) is 19.2 Å². The van der Waals surface area contributed by atoms with Crippen molar-refractivity contribution in [2.45, 2.75) is 39.7 Å². The largest absolute Gasteiger partial charge is 0.496 e. The molecule has 1 aromatic heterocycles. The molecule has 1 saturated heterocycles. The Balaban J connectivity index is 1.79. The number of hydrogen-bond acceptors (Lipinski definition) is 6. The molecule has 4 N–H and O–H groups in total. The number of fused-ring (bicyclic) bond motifs is 1. The second-order valence-electron chi connectivity index (χ2n) is 9.41. The number of amides is 4. The smallest absolute Gasteiger partial charge is 0.268 e. The molecule has 1 aliphatic rings. The minimum absolute atomic E-state index is 0.0428. The summed E-state index contributed by atoms with van der Waals surface area (Å²) in [5.74, 6) is -2.17. The molecular formula is C26H33N5O6. The molecule has 1 aromatic carbocycles. The zero-order valence-electron chi connectivity index (χ0n) is 21.4. The summed E-state index contributed by atoms with van der Waals surface area (Å²) < 4.78 is 5.35. The van der Waals surface area contributed by atoms with E-state index in [0.717, 1.165) is 22.5 Å². The average molecular weight is 512 g/mol. The Morgan fingerprint density at radius 3 is 2.59 bits per heavy atom. The van der Waals surface area contributed by atoms with Crippen LogP contribution in [0.5, 0.6) is 5.75 Å². The predicted molar refractivity (Wildman–Crippen MR) is 136 cm³/mol. The first-order valence-corrected chi connectivity index (χ1v) is 12.1. The third kappa shape index (κ3) is 7.18. The summed E-state index contributed by atoms with van der Waals surface area (Å²) in [6.07, 6.45) is 2.94. The lowest BCUT2D eigenvalue weighted by molar-refractivity contribution is -0.140. The van der Waals surface area contributed by atoms with E-state index in [0.29, 0.717) is 30.7 Å². The number of benzene rings is 1. The van der Waals surface area contributed by atoms with Gasteiger partial charge in [0.1, 0.15) is 17.5 Å². The summed E-state index contributed by atoms with van der Waals surface area (Å²) in [6, 6.07) is 6.07. The molecule has 0 aliphatic carbocycles. The van der Waals surface area contributed by atoms with Crippen molar-refractivity contribution in [1.82, 2.24) is 26.1 Å². The highest BCUT2D eigenvalue weighted by Crippen LogP contribution is 2.26. The van der Waals surface area contributed by atoms with Gasteiger partial charge in [-0.1, -0.05) is 19.9 Å². The predicted octanol–water partition coefficient (Wildman–Crippen LogP) is 1.46. The molecule has 0 saturated carbocycles. The van der Waals surface area contributed by atoms with Crippen molar-refractivity contribution < 1.29 is 28.7 Å². The fourth-order valence-electron chi connectivity index (χ4n) is 4.09. The van der Waals surface area contributed by atoms with Crippen molar-refractivity contribution in [3.05, 3.63) is 42.1 Å². The van der Waals surface area contributed by atoms with Gasteiger partial charge in [0.05, 0.1) is 19.6 Å². The molecule has 4 amide bonds. The van der Waals surface area contributed by atoms with Gasteiger partial charge < -0.3 is 20.4 Å². The maximum Gasteiger partial charge on any atom is 0.268 e. The lowest BCUT2D eigenvalue weighted by Gasteiger charge is -2.27. The highest BCUT2D eigenvalue weighted by molar-refractivity contribution is 6.02. The second kappa shape index (κ2) is 12.2. The SMILES string of the molecule is COc1cccc2[nH]c(C(=O)N[C@@H](CC(C)C)C(=O)NN(C[C@@H]3CCNC3=O)C(=O)/C=C/C(C)=O)cc12. The minimum Gasteiger partial charge on any atom is -0.496 e. The zero-order valence-corrected chi connectivity index (χ0v) is 21.4. The molecule has 1 fully saturated rings. The number of aromatic amines is 1. The number of carbonyl (C=O) groups is 5. The van der Waals surface area contributed by atoms with E-state index in [9.17, 15) is 24.0 Å². The van der Waals surface area contributed by atoms with Gasteiger partial charge in [-0.05, 0) is 50.0 Å². The molecule has 11 heteroatoms. The van der Waals surface area contributed by atoms with Gasteiger partial charge in [0.25, 0.3) is 17.7 Å². The maximum absolute atomic E-state index is 13.3. The van der Waals surface area contributed by atoms with Crippen LogP contribution < -0.4 is 20.8 Å². The molecule has 37 heavy (non-hydrogen) atoms. The number of nitrogens with one attached hydrogen (secondary N) is 4. The number of hydrogen-bond donors (Lipinski definition) is 4. The Bertz CT molecular complexity index is 1220. The lowest BCUT2D eigenvalue weighted by atomic mass is 10.0. The maximum atomic E-state index is 13.3. The third-order valence-corrected chi connectivity index (χ3v) is 5.96. The fraction of sp³-hybridized carbons (Fsp3) is 0.423. The van der Waals surface area contributed by atoms with E-state index in [1.807, 2.05) is 19.9 Å². The Hall–Kier alpha value is -4.15. The van der Waals surface area contributed by atoms with Gasteiger partial charge in [-0.3, -0.25) is 29.4 Å². The number of H-pyrrole nitrogens is 1. The highest BCUT2D eigenvalue weighted by atomic mass is 16.5. The third-order valence-electron chi connectivity index (χ3n) is 5.96. The molecule has 2 atom stereocenters. The number of methoxy groups -OCH3 is 1. The van der Waals surface area contributed by atoms with Crippen LogP contribution in [0.4, 0.5) is 0 Å². The van der Waals surface area contributed by atoms with Crippen LogP contribution in [0.25, 0.3) is 10.9 Å². The summed E-state index contributed by atoms with van der Waals surface area (Å²) >= 11 is 0. The fourth-order valence-corrected chi connectivity index (χ4v) is 4.09. The van der Waals surface area contributed by atoms with E-state index in [4.69, 9.17) is 4.74 Å². The number of allylic oxidation sites excluding steroid dienone is 1. The molecule has 198 valence electrons. The van der Waals surface area contributed by atoms with Gasteiger partial charge in [-0.15, -0.1) is 0 Å². The van der Waals surface area contributed by atoms with Gasteiger partial charge in [-0.2, -0.15) is 0 Å². The van der Waals surface area contributed by atoms with Crippen molar-refractivity contribution in [2.75, 3.05) is 20.2 Å². The Kier molecular flexibility index (Phi) is 9.05. The van der Waals surface area contributed by atoms with Gasteiger partial charge >= 0.3 is 0 Å². The highest BCUT2D eigenvalue weighted by Gasteiger charge is 2.31. The molecule has 0 bridgehead atoms. The first-order valence-electron chi connectivity index (χ1n) is 12.1. The number of ether oxygens (including phenoxy) is 1. The van der Waals surface area contributed by atoms with Crippen molar-refractivity contribution in [3.8, 4) is 5.75 Å². The molecular weight excluding hydrogens is 478 g/mol.